The number of ether oxygens (including phenoxy) is 2. The zero-order valence-corrected chi connectivity index (χ0v) is 68.0. The van der Waals surface area contributed by atoms with Crippen LogP contribution in [0.5, 0.6) is 11.5 Å². The molecule has 0 unspecified atom stereocenters. The summed E-state index contributed by atoms with van der Waals surface area (Å²) < 4.78 is 75.7. The van der Waals surface area contributed by atoms with Gasteiger partial charge in [-0.3, -0.25) is 4.79 Å². The van der Waals surface area contributed by atoms with Crippen LogP contribution in [0.25, 0.3) is 0 Å². The first-order valence-electron chi connectivity index (χ1n) is 35.5. The van der Waals surface area contributed by atoms with E-state index in [1.165, 1.54) is 98.3 Å². The quantitative estimate of drug-likeness (QED) is 0.0332. The van der Waals surface area contributed by atoms with Gasteiger partial charge in [0, 0.05) is 42.1 Å². The van der Waals surface area contributed by atoms with Gasteiger partial charge in [0.1, 0.15) is 23.0 Å². The highest BCUT2D eigenvalue weighted by Crippen LogP contribution is 2.41. The Bertz CT molecular complexity index is 4300. The molecule has 0 saturated carbocycles. The smallest absolute Gasteiger partial charge is 0.454 e. The second-order valence-electron chi connectivity index (χ2n) is 30.2. The van der Waals surface area contributed by atoms with Crippen LogP contribution >= 0.6 is 0 Å². The average Bonchev–Trinajstić information content (AvgIpc) is 0.794. The van der Waals surface area contributed by atoms with Gasteiger partial charge in [0.2, 0.25) is 0 Å². The largest absolute Gasteiger partial charge is 0.534 e. The summed E-state index contributed by atoms with van der Waals surface area (Å²) in [5, 5.41) is 0. The summed E-state index contributed by atoms with van der Waals surface area (Å²) >= 11 is 0. The molecule has 1 saturated heterocycles. The molecule has 15 heteroatoms. The van der Waals surface area contributed by atoms with Crippen molar-refractivity contribution in [1.29, 1.82) is 0 Å². The molecule has 0 atom stereocenters. The molecule has 0 spiro atoms. The molecule has 10 aromatic rings. The average molecular weight is 1510 g/mol. The molecular weight excluding hydrogens is 1410 g/mol. The van der Waals surface area contributed by atoms with E-state index in [2.05, 4.69) is 221 Å². The maximum atomic E-state index is 12.7. The fourth-order valence-corrected chi connectivity index (χ4v) is 21.2. The van der Waals surface area contributed by atoms with Crippen molar-refractivity contribution in [2.24, 2.45) is 0 Å². The topological polar surface area (TPSA) is 96.0 Å². The first-order chi connectivity index (χ1) is 49.4. The highest BCUT2D eigenvalue weighted by Gasteiger charge is 2.49. The Morgan fingerprint density at radius 3 is 0.924 bits per heavy atom. The Morgan fingerprint density at radius 1 is 0.381 bits per heavy atom. The lowest BCUT2D eigenvalue weighted by Crippen LogP contribution is -2.28. The minimum absolute atomic E-state index is 0.120. The molecule has 0 aliphatic carbocycles. The van der Waals surface area contributed by atoms with Gasteiger partial charge in [-0.05, 0) is 210 Å². The number of halogens is 3. The Hall–Kier alpha value is -7.92. The minimum Gasteiger partial charge on any atom is -0.454 e. The second-order valence-corrected chi connectivity index (χ2v) is 40.1. The van der Waals surface area contributed by atoms with Crippen LogP contribution in [-0.2, 0) is 89.7 Å². The predicted octanol–water partition coefficient (Wildman–Crippen LogP) is 23.3. The number of alkyl halides is 3. The van der Waals surface area contributed by atoms with Gasteiger partial charge in [-0.25, -0.2) is 4.79 Å². The van der Waals surface area contributed by atoms with E-state index in [0.717, 1.165) is 30.7 Å². The van der Waals surface area contributed by atoms with E-state index in [1.807, 2.05) is 111 Å². The lowest BCUT2D eigenvalue weighted by atomic mass is 9.87. The van der Waals surface area contributed by atoms with Crippen LogP contribution in [0.4, 0.5) is 13.2 Å². The lowest BCUT2D eigenvalue weighted by Gasteiger charge is -2.21. The van der Waals surface area contributed by atoms with E-state index in [0.29, 0.717) is 27.8 Å². The number of rotatable bonds is 15. The van der Waals surface area contributed by atoms with Crippen LogP contribution in [-0.4, -0.2) is 44.0 Å². The van der Waals surface area contributed by atoms with Crippen molar-refractivity contribution in [3.63, 3.8) is 0 Å². The molecule has 11 rings (SSSR count). The summed E-state index contributed by atoms with van der Waals surface area (Å²) in [6.45, 7) is 35.1. The first-order valence-corrected chi connectivity index (χ1v) is 42.1. The molecule has 0 amide bonds. The van der Waals surface area contributed by atoms with Crippen LogP contribution in [0.3, 0.4) is 0 Å². The molecule has 105 heavy (non-hydrogen) atoms. The molecule has 0 aromatic heterocycles. The molecule has 0 radical (unpaired) electrons. The van der Waals surface area contributed by atoms with Gasteiger partial charge in [-0.1, -0.05) is 204 Å². The summed E-state index contributed by atoms with van der Waals surface area (Å²) in [4.78, 5) is 35.1. The molecule has 1 fully saturated rings. The van der Waals surface area contributed by atoms with Crippen LogP contribution in [0.1, 0.15) is 154 Å². The molecular formula is C90H103F3O7S5+4. The minimum atomic E-state index is -5.73. The highest BCUT2D eigenvalue weighted by atomic mass is 32.2. The molecule has 1 aliphatic rings. The van der Waals surface area contributed by atoms with Gasteiger partial charge in [0.25, 0.3) is 0 Å². The molecule has 0 N–H and O–H groups in total. The van der Waals surface area contributed by atoms with Crippen LogP contribution < -0.4 is 8.92 Å². The summed E-state index contributed by atoms with van der Waals surface area (Å²) in [5.41, 5.74) is 3.26. The normalized spacial score (nSPS) is 13.0. The second kappa shape index (κ2) is 36.1. The van der Waals surface area contributed by atoms with E-state index < -0.39 is 45.1 Å². The number of hydrogen-bond donors (Lipinski definition) is 0. The van der Waals surface area contributed by atoms with Crippen molar-refractivity contribution in [2.45, 2.75) is 213 Å². The Balaban J connectivity index is 0.000000181. The first kappa shape index (κ1) is 82.7. The summed E-state index contributed by atoms with van der Waals surface area (Å²) in [5.74, 6) is 1.96. The molecule has 1 aliphatic heterocycles. The summed E-state index contributed by atoms with van der Waals surface area (Å²) in [7, 11) is -6.08. The van der Waals surface area contributed by atoms with Crippen molar-refractivity contribution in [3.05, 3.63) is 287 Å². The maximum Gasteiger partial charge on any atom is 0.534 e. The standard InChI is InChI=1S/C30H39S.C24H23O4S.C21H18F3O3S2.C15H23S/c1-28(2,3)22-10-16-25(17-11-22)31(26-18-12-23(13-19-26)29(4,5)6)27-20-14-24(15-21-27)30(7,8)9;1-17-14-22(15-18(2)24(17)28-23(26)16-27-19(3)25)29(20-10-6-4-7-11-20)21-12-8-5-9-13-21;1-15-13-19(14-16(2)20(15)27-29(25,26)21(22,23)24)28(17-9-5-3-6-10-17)18-11-7-4-8-12-18;1-15(2,3)13-7-9-14(10-8-13)16-11-5-4-6-12-16/h10-21H,1-9H3;4-15H,16H2,1-3H3;3-14H,1-2H3;7-10H,4-6,11-12H2,1-3H3/q4*+1. The maximum absolute atomic E-state index is 12.7. The number of carbonyl (C=O) groups is 2. The van der Waals surface area contributed by atoms with Gasteiger partial charge >= 0.3 is 27.6 Å². The number of hydrogen-bond acceptors (Lipinski definition) is 7. The van der Waals surface area contributed by atoms with Gasteiger partial charge in [-0.2, -0.15) is 21.6 Å². The number of benzene rings is 10. The van der Waals surface area contributed by atoms with E-state index in [9.17, 15) is 31.2 Å². The van der Waals surface area contributed by atoms with E-state index in [4.69, 9.17) is 9.47 Å². The molecule has 7 nitrogen and oxygen atoms in total. The monoisotopic (exact) mass is 1510 g/mol. The molecule has 1 heterocycles. The highest BCUT2D eigenvalue weighted by molar-refractivity contribution is 7.98. The van der Waals surface area contributed by atoms with E-state index in [1.54, 1.807) is 17.0 Å². The lowest BCUT2D eigenvalue weighted by molar-refractivity contribution is -0.152. The summed E-state index contributed by atoms with van der Waals surface area (Å²) in [6, 6.07) is 84.9. The molecule has 0 bridgehead atoms. The van der Waals surface area contributed by atoms with Crippen molar-refractivity contribution >= 4 is 65.6 Å². The zero-order valence-electron chi connectivity index (χ0n) is 63.9. The predicted molar refractivity (Wildman–Crippen MR) is 432 cm³/mol. The Kier molecular flexibility index (Phi) is 28.5. The third-order valence-corrected chi connectivity index (χ3v) is 27.6. The number of esters is 2. The third-order valence-electron chi connectivity index (χ3n) is 17.5. The Morgan fingerprint density at radius 2 is 0.648 bits per heavy atom. The van der Waals surface area contributed by atoms with Gasteiger partial charge in [0.15, 0.2) is 55.6 Å². The number of carbonyl (C=O) groups excluding carboxylic acids is 2. The summed E-state index contributed by atoms with van der Waals surface area (Å²) in [6.07, 6.45) is 4.32. The van der Waals surface area contributed by atoms with Crippen molar-refractivity contribution in [2.75, 3.05) is 18.1 Å². The van der Waals surface area contributed by atoms with E-state index >= 15 is 0 Å². The third kappa shape index (κ3) is 23.3. The van der Waals surface area contributed by atoms with Gasteiger partial charge in [-0.15, -0.1) is 0 Å². The van der Waals surface area contributed by atoms with Crippen molar-refractivity contribution in [3.8, 4) is 11.5 Å². The van der Waals surface area contributed by atoms with Gasteiger partial charge in [0.05, 0.1) is 32.7 Å². The van der Waals surface area contributed by atoms with Crippen LogP contribution in [0.15, 0.2) is 292 Å². The van der Waals surface area contributed by atoms with Crippen LogP contribution in [0, 0.1) is 27.7 Å². The fraction of sp³-hybridized carbons (Fsp3) is 0.311. The fourth-order valence-electron chi connectivity index (χ4n) is 11.7. The SMILES string of the molecule is CC(=O)OCC(=O)Oc1c(C)cc([S+](c2ccccc2)c2ccccc2)cc1C.CC(C)(C)c1ccc([S+](c2ccc(C(C)(C)C)cc2)c2ccc(C(C)(C)C)cc2)cc1.CC(C)(C)c1ccc([S+]2CCCCC2)cc1.Cc1cc([S+](c2ccccc2)c2ccccc2)cc(C)c1OS(=O)(=O)C(F)(F)F. The van der Waals surface area contributed by atoms with Crippen LogP contribution in [0.2, 0.25) is 0 Å². The Labute approximate surface area is 635 Å². The zero-order chi connectivity index (χ0) is 76.7. The molecule has 10 aromatic carbocycles. The number of aryl methyl sites for hydroxylation is 4. The molecule has 552 valence electrons. The van der Waals surface area contributed by atoms with Crippen molar-refractivity contribution < 1.29 is 44.8 Å². The van der Waals surface area contributed by atoms with Crippen molar-refractivity contribution in [1.82, 2.24) is 0 Å². The van der Waals surface area contributed by atoms with E-state index in [-0.39, 0.29) is 49.2 Å². The van der Waals surface area contributed by atoms with Gasteiger partial charge < -0.3 is 13.7 Å².